The van der Waals surface area contributed by atoms with Crippen LogP contribution in [0.1, 0.15) is 11.1 Å². The van der Waals surface area contributed by atoms with Crippen molar-refractivity contribution in [2.24, 2.45) is 0 Å². The van der Waals surface area contributed by atoms with Crippen LogP contribution in [0.4, 0.5) is 10.1 Å². The molecule has 1 fully saturated rings. The zero-order valence-electron chi connectivity index (χ0n) is 16.7. The molecular formula is C24H19FN2O4. The lowest BCUT2D eigenvalue weighted by Gasteiger charge is -2.14. The van der Waals surface area contributed by atoms with Crippen LogP contribution in [0.3, 0.4) is 0 Å². The van der Waals surface area contributed by atoms with Gasteiger partial charge in [0.25, 0.3) is 11.8 Å². The number of ether oxygens (including phenoxy) is 2. The molecule has 0 unspecified atom stereocenters. The highest BCUT2D eigenvalue weighted by Gasteiger charge is 2.34. The molecule has 1 heterocycles. The van der Waals surface area contributed by atoms with Crippen LogP contribution in [0, 0.1) is 5.82 Å². The zero-order chi connectivity index (χ0) is 21.8. The fourth-order valence-electron chi connectivity index (χ4n) is 3.22. The predicted molar refractivity (Wildman–Crippen MR) is 114 cm³/mol. The van der Waals surface area contributed by atoms with Crippen LogP contribution in [0.2, 0.25) is 0 Å². The molecule has 7 heteroatoms. The number of para-hydroxylation sites is 2. The van der Waals surface area contributed by atoms with Crippen molar-refractivity contribution in [1.29, 1.82) is 0 Å². The molecule has 0 aliphatic carbocycles. The summed E-state index contributed by atoms with van der Waals surface area (Å²) in [6.45, 7) is 0.0879. The van der Waals surface area contributed by atoms with Crippen LogP contribution in [-0.2, 0) is 16.2 Å². The average Bonchev–Trinajstić information content (AvgIpc) is 3.07. The van der Waals surface area contributed by atoms with E-state index in [1.54, 1.807) is 54.6 Å². The molecule has 0 saturated carbocycles. The molecule has 31 heavy (non-hydrogen) atoms. The minimum Gasteiger partial charge on any atom is -0.493 e. The third-order valence-electron chi connectivity index (χ3n) is 4.71. The molecule has 1 N–H and O–H groups in total. The van der Waals surface area contributed by atoms with Gasteiger partial charge in [0.05, 0.1) is 12.8 Å². The molecule has 0 aromatic heterocycles. The van der Waals surface area contributed by atoms with Gasteiger partial charge in [-0.25, -0.2) is 9.40 Å². The molecule has 0 spiro atoms. The van der Waals surface area contributed by atoms with Gasteiger partial charge < -0.3 is 9.47 Å². The monoisotopic (exact) mass is 418 g/mol. The summed E-state index contributed by atoms with van der Waals surface area (Å²) in [6, 6.07) is 20.0. The number of carbonyl (C=O) groups excluding carboxylic acids is 2. The number of benzene rings is 3. The minimum absolute atomic E-state index is 0.0345. The maximum Gasteiger partial charge on any atom is 0.282 e. The molecule has 0 atom stereocenters. The van der Waals surface area contributed by atoms with E-state index in [4.69, 9.17) is 9.47 Å². The number of hydrogen-bond acceptors (Lipinski definition) is 4. The summed E-state index contributed by atoms with van der Waals surface area (Å²) in [5, 5.41) is 1.20. The van der Waals surface area contributed by atoms with Gasteiger partial charge >= 0.3 is 0 Å². The number of methoxy groups -OCH3 is 1. The van der Waals surface area contributed by atoms with Crippen molar-refractivity contribution in [3.63, 3.8) is 0 Å². The second-order valence-corrected chi connectivity index (χ2v) is 6.77. The first kappa shape index (κ1) is 20.2. The summed E-state index contributed by atoms with van der Waals surface area (Å²) in [6.07, 6.45) is 1.46. The van der Waals surface area contributed by atoms with Gasteiger partial charge in [0, 0.05) is 5.56 Å². The van der Waals surface area contributed by atoms with Crippen molar-refractivity contribution in [2.45, 2.75) is 6.61 Å². The van der Waals surface area contributed by atoms with Crippen LogP contribution in [0.5, 0.6) is 11.5 Å². The maximum absolute atomic E-state index is 13.5. The lowest BCUT2D eigenvalue weighted by Crippen LogP contribution is -2.35. The number of hydrazine groups is 1. The van der Waals surface area contributed by atoms with Gasteiger partial charge in [-0.05, 0) is 42.0 Å². The van der Waals surface area contributed by atoms with Gasteiger partial charge in [-0.1, -0.05) is 42.5 Å². The van der Waals surface area contributed by atoms with E-state index in [-0.39, 0.29) is 18.0 Å². The van der Waals surface area contributed by atoms with Crippen LogP contribution in [-0.4, -0.2) is 18.9 Å². The molecular weight excluding hydrogens is 399 g/mol. The van der Waals surface area contributed by atoms with Gasteiger partial charge in [-0.3, -0.25) is 15.0 Å². The van der Waals surface area contributed by atoms with Crippen LogP contribution in [0.15, 0.2) is 78.4 Å². The first-order chi connectivity index (χ1) is 15.1. The van der Waals surface area contributed by atoms with Crippen molar-refractivity contribution in [3.05, 3.63) is 95.3 Å². The topological polar surface area (TPSA) is 67.9 Å². The highest BCUT2D eigenvalue weighted by atomic mass is 19.1. The molecule has 6 nitrogen and oxygen atoms in total. The Hall–Kier alpha value is -4.13. The van der Waals surface area contributed by atoms with Gasteiger partial charge in [-0.15, -0.1) is 0 Å². The second-order valence-electron chi connectivity index (χ2n) is 6.77. The number of rotatable bonds is 6. The normalized spacial score (nSPS) is 14.6. The molecule has 4 rings (SSSR count). The van der Waals surface area contributed by atoms with E-state index >= 15 is 0 Å². The third kappa shape index (κ3) is 4.25. The maximum atomic E-state index is 13.5. The molecule has 1 aliphatic rings. The molecule has 3 aromatic carbocycles. The van der Waals surface area contributed by atoms with E-state index in [1.807, 2.05) is 6.07 Å². The van der Waals surface area contributed by atoms with Crippen molar-refractivity contribution >= 4 is 23.6 Å². The number of nitrogens with zero attached hydrogens (tertiary/aromatic N) is 1. The summed E-state index contributed by atoms with van der Waals surface area (Å²) in [7, 11) is 1.49. The first-order valence-corrected chi connectivity index (χ1v) is 9.53. The van der Waals surface area contributed by atoms with Gasteiger partial charge in [-0.2, -0.15) is 0 Å². The lowest BCUT2D eigenvalue weighted by atomic mass is 10.1. The quantitative estimate of drug-likeness (QED) is 0.487. The molecule has 0 bridgehead atoms. The number of hydrogen-bond donors (Lipinski definition) is 1. The van der Waals surface area contributed by atoms with E-state index in [0.717, 1.165) is 0 Å². The van der Waals surface area contributed by atoms with Crippen LogP contribution < -0.4 is 19.9 Å². The van der Waals surface area contributed by atoms with Crippen molar-refractivity contribution in [1.82, 2.24) is 5.43 Å². The Balaban J connectivity index is 1.65. The van der Waals surface area contributed by atoms with E-state index in [9.17, 15) is 14.0 Å². The van der Waals surface area contributed by atoms with E-state index in [0.29, 0.717) is 28.3 Å². The predicted octanol–water partition coefficient (Wildman–Crippen LogP) is 3.87. The van der Waals surface area contributed by atoms with Crippen molar-refractivity contribution in [3.8, 4) is 11.5 Å². The SMILES string of the molecule is COc1cccc(/C=C2/C(=O)NN(c3ccccc3)C2=O)c1OCc1cccc(F)c1. The van der Waals surface area contributed by atoms with Gasteiger partial charge in [0.15, 0.2) is 11.5 Å². The summed E-state index contributed by atoms with van der Waals surface area (Å²) in [5.74, 6) is -0.586. The molecule has 2 amide bonds. The summed E-state index contributed by atoms with van der Waals surface area (Å²) in [5.41, 5.74) is 4.21. The highest BCUT2D eigenvalue weighted by Crippen LogP contribution is 2.34. The standard InChI is InChI=1S/C24H19FN2O4/c1-30-21-12-6-8-17(22(21)31-15-16-7-5-9-18(25)13-16)14-20-23(28)26-27(24(20)29)19-10-3-2-4-11-19/h2-14H,15H2,1H3,(H,26,28)/b20-14-. The highest BCUT2D eigenvalue weighted by molar-refractivity contribution is 6.31. The Morgan fingerprint density at radius 3 is 2.52 bits per heavy atom. The summed E-state index contributed by atoms with van der Waals surface area (Å²) < 4.78 is 24.8. The molecule has 3 aromatic rings. The number of anilines is 1. The third-order valence-corrected chi connectivity index (χ3v) is 4.71. The number of nitrogens with one attached hydrogen (secondary N) is 1. The Labute approximate surface area is 178 Å². The largest absolute Gasteiger partial charge is 0.493 e. The fourth-order valence-corrected chi connectivity index (χ4v) is 3.22. The smallest absolute Gasteiger partial charge is 0.282 e. The van der Waals surface area contributed by atoms with Crippen molar-refractivity contribution in [2.75, 3.05) is 12.1 Å². The van der Waals surface area contributed by atoms with Crippen molar-refractivity contribution < 1.29 is 23.5 Å². The Morgan fingerprint density at radius 1 is 1.00 bits per heavy atom. The Morgan fingerprint density at radius 2 is 1.77 bits per heavy atom. The van der Waals surface area contributed by atoms with E-state index in [2.05, 4.69) is 5.43 Å². The lowest BCUT2D eigenvalue weighted by molar-refractivity contribution is -0.117. The zero-order valence-corrected chi connectivity index (χ0v) is 16.7. The molecule has 1 aliphatic heterocycles. The Kier molecular flexibility index (Phi) is 5.66. The second kappa shape index (κ2) is 8.71. The van der Waals surface area contributed by atoms with Gasteiger partial charge in [0.2, 0.25) is 0 Å². The summed E-state index contributed by atoms with van der Waals surface area (Å²) in [4.78, 5) is 25.4. The average molecular weight is 418 g/mol. The number of halogens is 1. The van der Waals surface area contributed by atoms with Crippen LogP contribution in [0.25, 0.3) is 6.08 Å². The van der Waals surface area contributed by atoms with Gasteiger partial charge in [0.1, 0.15) is 18.0 Å². The molecule has 1 saturated heterocycles. The first-order valence-electron chi connectivity index (χ1n) is 9.53. The summed E-state index contributed by atoms with van der Waals surface area (Å²) >= 11 is 0. The van der Waals surface area contributed by atoms with Crippen LogP contribution >= 0.6 is 0 Å². The number of amides is 2. The molecule has 0 radical (unpaired) electrons. The molecule has 156 valence electrons. The fraction of sp³-hybridized carbons (Fsp3) is 0.0833. The number of carbonyl (C=O) groups is 2. The Bertz CT molecular complexity index is 1160. The van der Waals surface area contributed by atoms with E-state index < -0.39 is 11.8 Å². The minimum atomic E-state index is -0.521. The van der Waals surface area contributed by atoms with E-state index in [1.165, 1.54) is 30.3 Å².